The second kappa shape index (κ2) is 16.8. The van der Waals surface area contributed by atoms with E-state index in [0.29, 0.717) is 37.9 Å². The molecule has 67 heavy (non-hydrogen) atoms. The summed E-state index contributed by atoms with van der Waals surface area (Å²) in [7, 11) is 0. The molecule has 362 valence electrons. The van der Waals surface area contributed by atoms with Gasteiger partial charge in [0.05, 0.1) is 11.0 Å². The molecule has 4 saturated carbocycles. The van der Waals surface area contributed by atoms with Gasteiger partial charge in [0, 0.05) is 43.8 Å². The molecule has 1 aliphatic heterocycles. The van der Waals surface area contributed by atoms with E-state index in [2.05, 4.69) is 44.8 Å². The van der Waals surface area contributed by atoms with Crippen LogP contribution in [-0.2, 0) is 25.7 Å². The summed E-state index contributed by atoms with van der Waals surface area (Å²) in [5.74, 6) is -4.02. The molecule has 0 unspecified atom stereocenters. The van der Waals surface area contributed by atoms with E-state index in [-0.39, 0.29) is 90.6 Å². The fraction of sp³-hybridized carbons (Fsp3) is 0.636. The minimum Gasteiger partial charge on any atom is -0.452 e. The molecule has 1 amide bonds. The van der Waals surface area contributed by atoms with Crippen LogP contribution in [0.1, 0.15) is 161 Å². The second-order valence-electron chi connectivity index (χ2n) is 23.2. The maximum Gasteiger partial charge on any atom is 0.519 e. The van der Waals surface area contributed by atoms with Gasteiger partial charge in [-0.1, -0.05) is 108 Å². The highest BCUT2D eigenvalue weighted by atomic mass is 19.3. The molecule has 0 radical (unpaired) electrons. The fourth-order valence-corrected chi connectivity index (χ4v) is 15.0. The van der Waals surface area contributed by atoms with Crippen LogP contribution in [0, 0.1) is 44.8 Å². The van der Waals surface area contributed by atoms with Crippen molar-refractivity contribution in [2.75, 3.05) is 13.1 Å². The molecule has 2 heterocycles. The van der Waals surface area contributed by atoms with Gasteiger partial charge in [0.25, 0.3) is 5.92 Å². The highest BCUT2D eigenvalue weighted by Gasteiger charge is 2.71. The first kappa shape index (κ1) is 47.5. The van der Waals surface area contributed by atoms with Crippen LogP contribution in [0.4, 0.5) is 13.6 Å². The lowest BCUT2D eigenvalue weighted by molar-refractivity contribution is -0.191. The zero-order valence-electron chi connectivity index (χ0n) is 40.7. The lowest BCUT2D eigenvalue weighted by atomic mass is 9.33. The molecule has 0 bridgehead atoms. The van der Waals surface area contributed by atoms with Crippen LogP contribution in [0.15, 0.2) is 85.9 Å². The molecular formula is C55H70F2N2O8. The number of ether oxygens (including phenoxy) is 2. The number of hydrogen-bond acceptors (Lipinski definition) is 9. The maximum atomic E-state index is 15.4. The van der Waals surface area contributed by atoms with E-state index in [1.54, 1.807) is 0 Å². The van der Waals surface area contributed by atoms with Crippen LogP contribution in [0.2, 0.25) is 0 Å². The van der Waals surface area contributed by atoms with Crippen molar-refractivity contribution in [1.82, 2.24) is 10.2 Å². The van der Waals surface area contributed by atoms with E-state index in [1.165, 1.54) is 5.57 Å². The van der Waals surface area contributed by atoms with Crippen molar-refractivity contribution >= 4 is 17.8 Å². The molecule has 10 nitrogen and oxygen atoms in total. The van der Waals surface area contributed by atoms with Crippen LogP contribution >= 0.6 is 0 Å². The summed E-state index contributed by atoms with van der Waals surface area (Å²) in [6.45, 7) is 17.2. The maximum absolute atomic E-state index is 15.4. The number of alkyl halides is 2. The third-order valence-corrected chi connectivity index (χ3v) is 19.0. The van der Waals surface area contributed by atoms with Crippen LogP contribution in [0.25, 0.3) is 0 Å². The highest BCUT2D eigenvalue weighted by molar-refractivity contribution is 5.96. The fourth-order valence-electron chi connectivity index (χ4n) is 15.0. The lowest BCUT2D eigenvalue weighted by Gasteiger charge is -2.71. The number of alkyl carbamates (subject to hydrolysis) is 1. The molecule has 1 N–H and O–H groups in total. The molecule has 3 aromatic rings. The van der Waals surface area contributed by atoms with E-state index in [1.807, 2.05) is 87.5 Å². The number of amides is 1. The van der Waals surface area contributed by atoms with Gasteiger partial charge in [0.2, 0.25) is 0 Å². The van der Waals surface area contributed by atoms with Crippen LogP contribution in [0.5, 0.6) is 0 Å². The number of esters is 1. The third kappa shape index (κ3) is 7.92. The summed E-state index contributed by atoms with van der Waals surface area (Å²) in [6.07, 6.45) is 6.98. The van der Waals surface area contributed by atoms with E-state index in [4.69, 9.17) is 18.3 Å². The normalized spacial score (nSPS) is 37.1. The summed E-state index contributed by atoms with van der Waals surface area (Å²) in [5.41, 5.74) is -0.160. The van der Waals surface area contributed by atoms with Crippen molar-refractivity contribution in [3.05, 3.63) is 106 Å². The zero-order valence-corrected chi connectivity index (χ0v) is 40.7. The van der Waals surface area contributed by atoms with Crippen LogP contribution < -0.4 is 11.1 Å². The number of hydrogen-bond donors (Lipinski definition) is 1. The zero-order chi connectivity index (χ0) is 48.0. The summed E-state index contributed by atoms with van der Waals surface area (Å²) in [4.78, 5) is 58.4. The summed E-state index contributed by atoms with van der Waals surface area (Å²) < 4.78 is 52.1. The number of carbonyl (C=O) groups is 3. The molecule has 5 aliphatic carbocycles. The van der Waals surface area contributed by atoms with E-state index >= 15 is 4.79 Å². The topological polar surface area (TPSA) is 128 Å². The summed E-state index contributed by atoms with van der Waals surface area (Å²) in [5, 5.41) is 3.29. The Labute approximate surface area is 394 Å². The van der Waals surface area contributed by atoms with Gasteiger partial charge in [-0.2, -0.15) is 0 Å². The Morgan fingerprint density at radius 3 is 2.06 bits per heavy atom. The average Bonchev–Trinajstić information content (AvgIpc) is 3.67. The van der Waals surface area contributed by atoms with Gasteiger partial charge in [0.15, 0.2) is 30.0 Å². The number of likely N-dealkylation sites (tertiary alicyclic amines) is 1. The van der Waals surface area contributed by atoms with Gasteiger partial charge >= 0.3 is 17.9 Å². The number of nitrogens with one attached hydrogen (secondary N) is 1. The molecule has 6 aliphatic rings. The highest BCUT2D eigenvalue weighted by Crippen LogP contribution is 2.74. The number of benzene rings is 2. The Bertz CT molecular complexity index is 2420. The molecule has 5 fully saturated rings. The molecule has 9 rings (SSSR count). The number of nitrogens with zero attached hydrogens (tertiary/aromatic N) is 1. The smallest absolute Gasteiger partial charge is 0.452 e. The first-order valence-corrected chi connectivity index (χ1v) is 24.8. The molecule has 10 atom stereocenters. The van der Waals surface area contributed by atoms with Crippen molar-refractivity contribution in [2.45, 2.75) is 162 Å². The molecule has 1 saturated heterocycles. The van der Waals surface area contributed by atoms with Crippen molar-refractivity contribution in [3.8, 4) is 0 Å². The summed E-state index contributed by atoms with van der Waals surface area (Å²) >= 11 is 0. The van der Waals surface area contributed by atoms with Gasteiger partial charge in [-0.05, 0) is 122 Å². The molecule has 12 heteroatoms. The van der Waals surface area contributed by atoms with Gasteiger partial charge in [-0.25, -0.2) is 18.4 Å². The van der Waals surface area contributed by atoms with E-state index in [0.717, 1.165) is 36.8 Å². The van der Waals surface area contributed by atoms with E-state index < -0.39 is 45.7 Å². The van der Waals surface area contributed by atoms with Gasteiger partial charge < -0.3 is 23.6 Å². The number of rotatable bonds is 9. The number of piperidine rings is 1. The number of fused-ring (bicyclic) bond motifs is 7. The standard InChI is InChI=1S/C55H70F2N2O8/c1-34(2)43-40(65-48(63)67-43)33-64-47(62)58-54(8)41-19-22-53(7)45(51(41,5)21-20-42(54)59-29-27-55(56,57)28-30-59)39(60)31-37-38-32-50(4,24-23-49(38,3)25-26-52(37,53)6)46(61)66-44(35-15-11-9-12-16-35)36-17-13-10-14-18-36/h9-18,31,34,38,41-42,44-45H,19-30,32-33H2,1-8H3,(H,58,62)/t38-,41+,42-,45+,49+,50-,51-,52+,53+,54-/m0/s1. The number of allylic oxidation sites excluding steroid dienone is 2. The lowest BCUT2D eigenvalue weighted by Crippen LogP contribution is -2.74. The monoisotopic (exact) mass is 925 g/mol. The molecule has 0 spiro atoms. The van der Waals surface area contributed by atoms with Gasteiger partial charge in [-0.15, -0.1) is 0 Å². The van der Waals surface area contributed by atoms with Crippen LogP contribution in [0.3, 0.4) is 0 Å². The Kier molecular flexibility index (Phi) is 11.9. The number of carbonyl (C=O) groups excluding carboxylic acids is 3. The minimum atomic E-state index is -2.75. The number of ketones is 1. The Morgan fingerprint density at radius 1 is 0.806 bits per heavy atom. The Balaban J connectivity index is 1.02. The number of halogens is 2. The van der Waals surface area contributed by atoms with Gasteiger partial charge in [-0.3, -0.25) is 14.5 Å². The molecule has 1 aromatic heterocycles. The quantitative estimate of drug-likeness (QED) is 0.209. The van der Waals surface area contributed by atoms with Crippen LogP contribution in [-0.4, -0.2) is 53.3 Å². The second-order valence-corrected chi connectivity index (χ2v) is 23.2. The average molecular weight is 925 g/mol. The first-order chi connectivity index (χ1) is 31.6. The van der Waals surface area contributed by atoms with Gasteiger partial charge in [0.1, 0.15) is 0 Å². The summed E-state index contributed by atoms with van der Waals surface area (Å²) in [6, 6.07) is 19.5. The van der Waals surface area contributed by atoms with Crippen molar-refractivity contribution in [2.24, 2.45) is 44.8 Å². The predicted octanol–water partition coefficient (Wildman–Crippen LogP) is 11.7. The third-order valence-electron chi connectivity index (χ3n) is 19.0. The van der Waals surface area contributed by atoms with Crippen molar-refractivity contribution in [3.63, 3.8) is 0 Å². The minimum absolute atomic E-state index is 0.00208. The predicted molar refractivity (Wildman–Crippen MR) is 249 cm³/mol. The van der Waals surface area contributed by atoms with Crippen molar-refractivity contribution < 1.29 is 41.5 Å². The van der Waals surface area contributed by atoms with Crippen molar-refractivity contribution in [1.29, 1.82) is 0 Å². The molecule has 2 aromatic carbocycles. The molecular weight excluding hydrogens is 855 g/mol. The largest absolute Gasteiger partial charge is 0.519 e. The van der Waals surface area contributed by atoms with E-state index in [9.17, 15) is 23.2 Å². The SMILES string of the molecule is CC(C)c1oc(=O)oc1COC(=O)N[C@]1(C)[C@@H](N2CCC(F)(F)CC2)CC[C@@]2(C)[C@H]1CC[C@]1(C)[C@@H]2C(=O)C=C2[C@@H]3C[C@@](C)(C(=O)OC(c4ccccc4)c4ccccc4)CC[C@]3(C)CC[C@]21C. The first-order valence-electron chi connectivity index (χ1n) is 24.8. The Morgan fingerprint density at radius 2 is 1.43 bits per heavy atom. The Hall–Kier alpha value is -4.58.